The van der Waals surface area contributed by atoms with Crippen molar-refractivity contribution in [1.82, 2.24) is 0 Å². The van der Waals surface area contributed by atoms with Gasteiger partial charge in [0.05, 0.1) is 25.2 Å². The van der Waals surface area contributed by atoms with E-state index in [1.54, 1.807) is 0 Å². The first-order chi connectivity index (χ1) is 11.8. The maximum absolute atomic E-state index is 9.98. The van der Waals surface area contributed by atoms with Crippen molar-refractivity contribution in [3.05, 3.63) is 0 Å². The Morgan fingerprint density at radius 2 is 0.815 bits per heavy atom. The van der Waals surface area contributed by atoms with Gasteiger partial charge in [-0.25, -0.2) is 0 Å². The number of carboxylic acids is 2. The zero-order valence-electron chi connectivity index (χ0n) is 13.8. The van der Waals surface area contributed by atoms with E-state index in [1.165, 1.54) is 0 Å². The van der Waals surface area contributed by atoms with Crippen LogP contribution in [0.4, 0.5) is 0 Å². The molecular formula is C12H22O14Zn-2. The molecule has 0 spiro atoms. The van der Waals surface area contributed by atoms with Gasteiger partial charge in [-0.2, -0.15) is 0 Å². The first kappa shape index (κ1) is 30.9. The van der Waals surface area contributed by atoms with Gasteiger partial charge in [0.1, 0.15) is 48.8 Å². The first-order valence-corrected chi connectivity index (χ1v) is 6.91. The van der Waals surface area contributed by atoms with Gasteiger partial charge in [0.2, 0.25) is 0 Å². The molecule has 0 rings (SSSR count). The summed E-state index contributed by atoms with van der Waals surface area (Å²) >= 11 is 0. The summed E-state index contributed by atoms with van der Waals surface area (Å²) in [5.41, 5.74) is 0. The van der Waals surface area contributed by atoms with E-state index < -0.39 is 74.0 Å². The van der Waals surface area contributed by atoms with Gasteiger partial charge in [-0.15, -0.1) is 0 Å². The van der Waals surface area contributed by atoms with Crippen LogP contribution in [0.2, 0.25) is 0 Å². The summed E-state index contributed by atoms with van der Waals surface area (Å²) in [5, 5.41) is 107. The Morgan fingerprint density at radius 3 is 0.963 bits per heavy atom. The van der Waals surface area contributed by atoms with Crippen molar-refractivity contribution in [2.75, 3.05) is 13.2 Å². The molecule has 0 fully saturated rings. The molecule has 14 nitrogen and oxygen atoms in total. The summed E-state index contributed by atoms with van der Waals surface area (Å²) in [6, 6.07) is 0. The van der Waals surface area contributed by atoms with Crippen LogP contribution in [0.3, 0.4) is 0 Å². The first-order valence-electron chi connectivity index (χ1n) is 6.91. The van der Waals surface area contributed by atoms with E-state index in [-0.39, 0.29) is 19.5 Å². The molecule has 0 bridgehead atoms. The topological polar surface area (TPSA) is 283 Å². The summed E-state index contributed by atoms with van der Waals surface area (Å²) in [6.45, 7) is -1.73. The number of hydrogen-bond acceptors (Lipinski definition) is 14. The van der Waals surface area contributed by atoms with Gasteiger partial charge in [0.15, 0.2) is 0 Å². The SMILES string of the molecule is O=C([O-])[C@H](O)[C@@H](O)[C@H](O)[C@H](O)CO.O=C([O-])[C@H](O)[C@@H](O)[C@H](O)[C@H](O)CO.[Zn]. The molecule has 15 heteroatoms. The standard InChI is InChI=1S/2C6H12O7.Zn/c2*7-1-2(8)3(9)4(10)5(11)6(12)13;/h2*2-5,7-11H,1H2,(H,12,13);/p-2/t2*2-,3-,4+,5-;/m11./s1. The number of carbonyl (C=O) groups excluding carboxylic acids is 2. The van der Waals surface area contributed by atoms with Crippen LogP contribution >= 0.6 is 0 Å². The molecule has 0 heterocycles. The maximum atomic E-state index is 9.98. The molecule has 27 heavy (non-hydrogen) atoms. The monoisotopic (exact) mass is 454 g/mol. The predicted molar refractivity (Wildman–Crippen MR) is 72.2 cm³/mol. The van der Waals surface area contributed by atoms with E-state index in [0.29, 0.717) is 0 Å². The Balaban J connectivity index is -0.000000411. The summed E-state index contributed by atoms with van der Waals surface area (Å²) in [5.74, 6) is -3.95. The van der Waals surface area contributed by atoms with Crippen molar-refractivity contribution in [2.45, 2.75) is 48.8 Å². The van der Waals surface area contributed by atoms with E-state index in [9.17, 15) is 19.8 Å². The predicted octanol–water partition coefficient (Wildman–Crippen LogP) is -9.66. The average Bonchev–Trinajstić information content (AvgIpc) is 2.62. The molecule has 0 aromatic rings. The zero-order chi connectivity index (χ0) is 21.2. The Morgan fingerprint density at radius 1 is 0.593 bits per heavy atom. The molecular weight excluding hydrogens is 434 g/mol. The van der Waals surface area contributed by atoms with Gasteiger partial charge in [-0.3, -0.25) is 0 Å². The van der Waals surface area contributed by atoms with Crippen molar-refractivity contribution in [3.63, 3.8) is 0 Å². The van der Waals surface area contributed by atoms with Crippen LogP contribution in [0.1, 0.15) is 0 Å². The fourth-order valence-corrected chi connectivity index (χ4v) is 1.32. The van der Waals surface area contributed by atoms with Crippen molar-refractivity contribution < 1.29 is 90.3 Å². The van der Waals surface area contributed by atoms with Gasteiger partial charge in [-0.1, -0.05) is 0 Å². The molecule has 0 amide bonds. The normalized spacial score (nSPS) is 19.6. The number of aliphatic hydroxyl groups is 10. The van der Waals surface area contributed by atoms with Crippen LogP contribution in [0.25, 0.3) is 0 Å². The number of carboxylic acid groups (broad SMARTS) is 2. The van der Waals surface area contributed by atoms with Crippen molar-refractivity contribution in [2.24, 2.45) is 0 Å². The minimum Gasteiger partial charge on any atom is -0.547 e. The summed E-state index contributed by atoms with van der Waals surface area (Å²) in [4.78, 5) is 20.0. The van der Waals surface area contributed by atoms with Crippen LogP contribution in [0.15, 0.2) is 0 Å². The second-order valence-electron chi connectivity index (χ2n) is 4.99. The number of carbonyl (C=O) groups is 2. The van der Waals surface area contributed by atoms with Crippen LogP contribution in [0.5, 0.6) is 0 Å². The molecule has 0 aliphatic rings. The third-order valence-corrected chi connectivity index (χ3v) is 2.99. The largest absolute Gasteiger partial charge is 0.547 e. The van der Waals surface area contributed by atoms with E-state index >= 15 is 0 Å². The summed E-state index contributed by atoms with van der Waals surface area (Å²) in [6.07, 6.45) is -16.2. The van der Waals surface area contributed by atoms with Crippen LogP contribution < -0.4 is 10.2 Å². The van der Waals surface area contributed by atoms with Crippen molar-refractivity contribution in [1.29, 1.82) is 0 Å². The molecule has 0 unspecified atom stereocenters. The van der Waals surface area contributed by atoms with E-state index in [1.807, 2.05) is 0 Å². The molecule has 0 saturated heterocycles. The second kappa shape index (κ2) is 15.1. The molecule has 0 radical (unpaired) electrons. The molecule has 10 N–H and O–H groups in total. The van der Waals surface area contributed by atoms with E-state index in [0.717, 1.165) is 0 Å². The average molecular weight is 456 g/mol. The smallest absolute Gasteiger partial charge is 0.122 e. The van der Waals surface area contributed by atoms with Crippen LogP contribution in [0, 0.1) is 0 Å². The summed E-state index contributed by atoms with van der Waals surface area (Å²) < 4.78 is 0. The zero-order valence-corrected chi connectivity index (χ0v) is 16.8. The van der Waals surface area contributed by atoms with Gasteiger partial charge < -0.3 is 70.9 Å². The van der Waals surface area contributed by atoms with Crippen LogP contribution in [-0.4, -0.2) is 125 Å². The second-order valence-corrected chi connectivity index (χ2v) is 4.99. The van der Waals surface area contributed by atoms with Crippen LogP contribution in [-0.2, 0) is 29.1 Å². The molecule has 0 aromatic heterocycles. The number of hydrogen-bond donors (Lipinski definition) is 10. The van der Waals surface area contributed by atoms with Gasteiger partial charge in [-0.05, 0) is 0 Å². The molecule has 0 aliphatic carbocycles. The van der Waals surface area contributed by atoms with E-state index in [4.69, 9.17) is 51.1 Å². The van der Waals surface area contributed by atoms with E-state index in [2.05, 4.69) is 0 Å². The fourth-order valence-electron chi connectivity index (χ4n) is 1.32. The molecule has 0 aliphatic heterocycles. The Bertz CT molecular complexity index is 385. The minimum atomic E-state index is -2.31. The number of aliphatic carboxylic acids is 2. The minimum absolute atomic E-state index is 0. The Labute approximate surface area is 164 Å². The van der Waals surface area contributed by atoms with Gasteiger partial charge in [0.25, 0.3) is 0 Å². The molecule has 0 aromatic carbocycles. The third-order valence-electron chi connectivity index (χ3n) is 2.99. The maximum Gasteiger partial charge on any atom is 0.122 e. The fraction of sp³-hybridized carbons (Fsp3) is 0.833. The van der Waals surface area contributed by atoms with Crippen molar-refractivity contribution >= 4 is 11.9 Å². The molecule has 0 saturated carbocycles. The van der Waals surface area contributed by atoms with Gasteiger partial charge >= 0.3 is 0 Å². The number of aliphatic hydroxyl groups excluding tert-OH is 10. The summed E-state index contributed by atoms with van der Waals surface area (Å²) in [7, 11) is 0. The molecule has 158 valence electrons. The quantitative estimate of drug-likeness (QED) is 0.137. The van der Waals surface area contributed by atoms with Gasteiger partial charge in [0, 0.05) is 19.5 Å². The Hall–Kier alpha value is -0.837. The van der Waals surface area contributed by atoms with Crippen molar-refractivity contribution in [3.8, 4) is 0 Å². The third kappa shape index (κ3) is 10.9. The molecule has 8 atom stereocenters. The number of rotatable bonds is 10. The Kier molecular flexibility index (Phi) is 17.3.